The maximum absolute atomic E-state index is 4.77. The lowest BCUT2D eigenvalue weighted by atomic mass is 10.00. The summed E-state index contributed by atoms with van der Waals surface area (Å²) >= 11 is 0. The number of hydrogen-bond acceptors (Lipinski definition) is 2. The van der Waals surface area contributed by atoms with E-state index in [4.69, 9.17) is 4.98 Å². The third-order valence-corrected chi connectivity index (χ3v) is 4.99. The molecule has 0 bridgehead atoms. The summed E-state index contributed by atoms with van der Waals surface area (Å²) in [7, 11) is 0. The van der Waals surface area contributed by atoms with Gasteiger partial charge in [-0.3, -0.25) is 4.98 Å². The van der Waals surface area contributed by atoms with Crippen molar-refractivity contribution < 1.29 is 0 Å². The molecule has 0 saturated carbocycles. The van der Waals surface area contributed by atoms with Crippen LogP contribution in [0.2, 0.25) is 0 Å². The minimum atomic E-state index is 0.997. The van der Waals surface area contributed by atoms with Crippen molar-refractivity contribution in [1.82, 2.24) is 4.98 Å². The largest absolute Gasteiger partial charge is 0.371 e. The molecule has 0 spiro atoms. The molecule has 4 rings (SSSR count). The van der Waals surface area contributed by atoms with Gasteiger partial charge in [0.15, 0.2) is 0 Å². The van der Waals surface area contributed by atoms with Crippen LogP contribution < -0.4 is 4.90 Å². The van der Waals surface area contributed by atoms with Crippen LogP contribution in [0.3, 0.4) is 0 Å². The molecule has 0 N–H and O–H groups in total. The van der Waals surface area contributed by atoms with Gasteiger partial charge < -0.3 is 4.90 Å². The highest BCUT2D eigenvalue weighted by Crippen LogP contribution is 2.24. The fourth-order valence-corrected chi connectivity index (χ4v) is 3.78. The fourth-order valence-electron chi connectivity index (χ4n) is 3.78. The summed E-state index contributed by atoms with van der Waals surface area (Å²) in [5, 5.41) is 2.69. The topological polar surface area (TPSA) is 16.1 Å². The van der Waals surface area contributed by atoms with Gasteiger partial charge in [-0.25, -0.2) is 0 Å². The summed E-state index contributed by atoms with van der Waals surface area (Å²) in [6, 6.07) is 19.8. The second-order valence-corrected chi connectivity index (χ2v) is 6.79. The Bertz CT molecular complexity index is 842. The minimum Gasteiger partial charge on any atom is -0.371 e. The van der Waals surface area contributed by atoms with Gasteiger partial charge in [-0.2, -0.15) is 0 Å². The zero-order chi connectivity index (χ0) is 16.4. The number of pyridine rings is 1. The van der Waals surface area contributed by atoms with E-state index in [0.29, 0.717) is 0 Å². The molecular formula is C22H24N2. The van der Waals surface area contributed by atoms with Crippen LogP contribution in [0, 0.1) is 6.92 Å². The van der Waals surface area contributed by atoms with Crippen molar-refractivity contribution in [2.24, 2.45) is 0 Å². The Hall–Kier alpha value is -2.35. The van der Waals surface area contributed by atoms with Crippen molar-refractivity contribution in [3.05, 3.63) is 71.5 Å². The maximum atomic E-state index is 4.77. The average Bonchev–Trinajstić information content (AvgIpc) is 3.14. The molecule has 24 heavy (non-hydrogen) atoms. The minimum absolute atomic E-state index is 0.997. The van der Waals surface area contributed by atoms with Gasteiger partial charge in [0.25, 0.3) is 0 Å². The zero-order valence-corrected chi connectivity index (χ0v) is 14.3. The van der Waals surface area contributed by atoms with Gasteiger partial charge in [-0.1, -0.05) is 42.5 Å². The first kappa shape index (κ1) is 15.2. The molecule has 1 aliphatic rings. The zero-order valence-electron chi connectivity index (χ0n) is 14.3. The lowest BCUT2D eigenvalue weighted by molar-refractivity contribution is 0.894. The molecule has 0 radical (unpaired) electrons. The van der Waals surface area contributed by atoms with E-state index in [-0.39, 0.29) is 0 Å². The van der Waals surface area contributed by atoms with Crippen molar-refractivity contribution in [3.63, 3.8) is 0 Å². The molecule has 2 aromatic carbocycles. The van der Waals surface area contributed by atoms with E-state index in [0.717, 1.165) is 18.5 Å². The van der Waals surface area contributed by atoms with Crippen LogP contribution in [0.15, 0.2) is 54.6 Å². The van der Waals surface area contributed by atoms with E-state index in [1.165, 1.54) is 53.6 Å². The van der Waals surface area contributed by atoms with Gasteiger partial charge in [0.2, 0.25) is 0 Å². The Kier molecular flexibility index (Phi) is 4.20. The lowest BCUT2D eigenvalue weighted by Crippen LogP contribution is -2.18. The van der Waals surface area contributed by atoms with Crippen molar-refractivity contribution in [3.8, 4) is 0 Å². The molecule has 1 aromatic heterocycles. The summed E-state index contributed by atoms with van der Waals surface area (Å²) in [5.74, 6) is 0. The van der Waals surface area contributed by atoms with E-state index < -0.39 is 0 Å². The molecule has 122 valence electrons. The smallest absolute Gasteiger partial charge is 0.0430 e. The SMILES string of the molecule is Cc1cc(N2CCCC2)cc(CCc2cccc3ccccc23)n1. The van der Waals surface area contributed by atoms with Gasteiger partial charge in [0, 0.05) is 30.2 Å². The lowest BCUT2D eigenvalue weighted by Gasteiger charge is -2.19. The Morgan fingerprint density at radius 3 is 2.58 bits per heavy atom. The molecular weight excluding hydrogens is 292 g/mol. The van der Waals surface area contributed by atoms with E-state index in [1.54, 1.807) is 0 Å². The number of hydrogen-bond donors (Lipinski definition) is 0. The highest BCUT2D eigenvalue weighted by atomic mass is 15.1. The summed E-state index contributed by atoms with van der Waals surface area (Å²) in [6.45, 7) is 4.49. The molecule has 1 fully saturated rings. The summed E-state index contributed by atoms with van der Waals surface area (Å²) in [6.07, 6.45) is 4.66. The number of benzene rings is 2. The predicted octanol–water partition coefficient (Wildman–Crippen LogP) is 4.93. The third-order valence-electron chi connectivity index (χ3n) is 4.99. The molecule has 2 nitrogen and oxygen atoms in total. The number of rotatable bonds is 4. The van der Waals surface area contributed by atoms with Crippen LogP contribution in [0.1, 0.15) is 29.8 Å². The number of fused-ring (bicyclic) bond motifs is 1. The van der Waals surface area contributed by atoms with Gasteiger partial charge in [-0.15, -0.1) is 0 Å². The van der Waals surface area contributed by atoms with Crippen LogP contribution in [-0.4, -0.2) is 18.1 Å². The second-order valence-electron chi connectivity index (χ2n) is 6.79. The first-order chi connectivity index (χ1) is 11.8. The van der Waals surface area contributed by atoms with E-state index in [2.05, 4.69) is 66.4 Å². The fraction of sp³-hybridized carbons (Fsp3) is 0.318. The Balaban J connectivity index is 1.57. The number of aryl methyl sites for hydroxylation is 3. The first-order valence-corrected chi connectivity index (χ1v) is 8.99. The summed E-state index contributed by atoms with van der Waals surface area (Å²) in [4.78, 5) is 7.27. The monoisotopic (exact) mass is 316 g/mol. The van der Waals surface area contributed by atoms with E-state index in [1.807, 2.05) is 0 Å². The van der Waals surface area contributed by atoms with Crippen molar-refractivity contribution in [2.45, 2.75) is 32.6 Å². The number of anilines is 1. The Morgan fingerprint density at radius 2 is 1.71 bits per heavy atom. The van der Waals surface area contributed by atoms with Crippen molar-refractivity contribution in [1.29, 1.82) is 0 Å². The highest BCUT2D eigenvalue weighted by molar-refractivity contribution is 5.85. The van der Waals surface area contributed by atoms with Gasteiger partial charge >= 0.3 is 0 Å². The van der Waals surface area contributed by atoms with Crippen LogP contribution in [0.5, 0.6) is 0 Å². The van der Waals surface area contributed by atoms with Gasteiger partial charge in [-0.05, 0) is 61.1 Å². The summed E-state index contributed by atoms with van der Waals surface area (Å²) in [5.41, 5.74) is 5.12. The second kappa shape index (κ2) is 6.64. The third kappa shape index (κ3) is 3.14. The molecule has 2 heterocycles. The van der Waals surface area contributed by atoms with Crippen LogP contribution >= 0.6 is 0 Å². The van der Waals surface area contributed by atoms with Crippen LogP contribution in [-0.2, 0) is 12.8 Å². The average molecular weight is 316 g/mol. The maximum Gasteiger partial charge on any atom is 0.0430 e. The van der Waals surface area contributed by atoms with Crippen molar-refractivity contribution >= 4 is 16.5 Å². The van der Waals surface area contributed by atoms with E-state index in [9.17, 15) is 0 Å². The van der Waals surface area contributed by atoms with Crippen molar-refractivity contribution in [2.75, 3.05) is 18.0 Å². The Labute approximate surface area is 144 Å². The van der Waals surface area contributed by atoms with Gasteiger partial charge in [0.1, 0.15) is 0 Å². The van der Waals surface area contributed by atoms with Gasteiger partial charge in [0.05, 0.1) is 0 Å². The standard InChI is InChI=1S/C22H24N2/c1-17-15-21(24-13-4-5-14-24)16-20(23-17)12-11-19-9-6-8-18-7-2-3-10-22(18)19/h2-3,6-10,15-16H,4-5,11-14H2,1H3. The molecule has 0 unspecified atom stereocenters. The Morgan fingerprint density at radius 1 is 0.917 bits per heavy atom. The molecule has 0 atom stereocenters. The molecule has 1 aliphatic heterocycles. The number of nitrogens with zero attached hydrogens (tertiary/aromatic N) is 2. The highest BCUT2D eigenvalue weighted by Gasteiger charge is 2.13. The summed E-state index contributed by atoms with van der Waals surface area (Å²) < 4.78 is 0. The molecule has 0 aliphatic carbocycles. The quantitative estimate of drug-likeness (QED) is 0.678. The molecule has 3 aromatic rings. The molecule has 1 saturated heterocycles. The molecule has 0 amide bonds. The van der Waals surface area contributed by atoms with E-state index >= 15 is 0 Å². The molecule has 2 heteroatoms. The first-order valence-electron chi connectivity index (χ1n) is 8.99. The predicted molar refractivity (Wildman–Crippen MR) is 102 cm³/mol. The van der Waals surface area contributed by atoms with Crippen LogP contribution in [0.4, 0.5) is 5.69 Å². The normalized spacial score (nSPS) is 14.5. The van der Waals surface area contributed by atoms with Crippen LogP contribution in [0.25, 0.3) is 10.8 Å². The number of aromatic nitrogens is 1.